The van der Waals surface area contributed by atoms with Crippen LogP contribution in [0.5, 0.6) is 5.75 Å². The van der Waals surface area contributed by atoms with Crippen molar-refractivity contribution in [3.63, 3.8) is 0 Å². The van der Waals surface area contributed by atoms with Crippen LogP contribution < -0.4 is 0 Å². The van der Waals surface area contributed by atoms with Crippen molar-refractivity contribution in [2.24, 2.45) is 5.41 Å². The average Bonchev–Trinajstić information content (AvgIpc) is 3.17. The van der Waals surface area contributed by atoms with Crippen molar-refractivity contribution in [1.82, 2.24) is 19.8 Å². The van der Waals surface area contributed by atoms with Gasteiger partial charge in [0.05, 0.1) is 6.33 Å². The standard InChI is InChI=1S/C21H28N4O2/c26-19-4-1-3-17(11-19)13-24-9-2-7-21(14-24)8-5-20(27)25(15-21)10-6-18-12-22-16-23-18/h1,3-4,11-12,16,26H,2,5-10,13-15H2,(H,22,23). The van der Waals surface area contributed by atoms with Crippen molar-refractivity contribution in [2.75, 3.05) is 26.2 Å². The zero-order chi connectivity index (χ0) is 18.7. The third kappa shape index (κ3) is 4.33. The van der Waals surface area contributed by atoms with Crippen molar-refractivity contribution in [2.45, 2.75) is 38.6 Å². The van der Waals surface area contributed by atoms with E-state index >= 15 is 0 Å². The first-order valence-electron chi connectivity index (χ1n) is 9.87. The van der Waals surface area contributed by atoms with Gasteiger partial charge in [-0.3, -0.25) is 9.69 Å². The van der Waals surface area contributed by atoms with Gasteiger partial charge in [0.2, 0.25) is 5.91 Å². The van der Waals surface area contributed by atoms with Crippen LogP contribution in [0.4, 0.5) is 0 Å². The van der Waals surface area contributed by atoms with Gasteiger partial charge in [-0.2, -0.15) is 0 Å². The molecule has 144 valence electrons. The Balaban J connectivity index is 1.39. The molecule has 4 rings (SSSR count). The molecule has 2 saturated heterocycles. The van der Waals surface area contributed by atoms with Gasteiger partial charge in [0.1, 0.15) is 5.75 Å². The summed E-state index contributed by atoms with van der Waals surface area (Å²) in [6.07, 6.45) is 8.36. The summed E-state index contributed by atoms with van der Waals surface area (Å²) in [6, 6.07) is 7.54. The first kappa shape index (κ1) is 18.0. The fourth-order valence-electron chi connectivity index (χ4n) is 4.67. The number of H-pyrrole nitrogens is 1. The number of rotatable bonds is 5. The number of nitrogens with one attached hydrogen (secondary N) is 1. The summed E-state index contributed by atoms with van der Waals surface area (Å²) < 4.78 is 0. The lowest BCUT2D eigenvalue weighted by molar-refractivity contribution is -0.139. The number of carbonyl (C=O) groups excluding carboxylic acids is 1. The third-order valence-electron chi connectivity index (χ3n) is 6.01. The maximum Gasteiger partial charge on any atom is 0.222 e. The number of aromatic amines is 1. The monoisotopic (exact) mass is 368 g/mol. The number of amides is 1. The molecule has 2 N–H and O–H groups in total. The predicted molar refractivity (Wildman–Crippen MR) is 103 cm³/mol. The van der Waals surface area contributed by atoms with Crippen LogP contribution in [0, 0.1) is 5.41 Å². The highest BCUT2D eigenvalue weighted by molar-refractivity contribution is 5.77. The third-order valence-corrected chi connectivity index (χ3v) is 6.01. The smallest absolute Gasteiger partial charge is 0.222 e. The van der Waals surface area contributed by atoms with E-state index in [2.05, 4.69) is 25.8 Å². The number of piperidine rings is 2. The topological polar surface area (TPSA) is 72.5 Å². The maximum atomic E-state index is 12.4. The molecule has 2 aliphatic heterocycles. The Kier molecular flexibility index (Phi) is 5.16. The largest absolute Gasteiger partial charge is 0.508 e. The van der Waals surface area contributed by atoms with Gasteiger partial charge < -0.3 is 15.0 Å². The van der Waals surface area contributed by atoms with Crippen LogP contribution in [0.15, 0.2) is 36.8 Å². The summed E-state index contributed by atoms with van der Waals surface area (Å²) in [5.74, 6) is 0.609. The van der Waals surface area contributed by atoms with Crippen LogP contribution >= 0.6 is 0 Å². The highest BCUT2D eigenvalue weighted by Gasteiger charge is 2.41. The molecule has 1 amide bonds. The SMILES string of the molecule is O=C1CCC2(CCCN(Cc3cccc(O)c3)C2)CN1CCc1cnc[nH]1. The Morgan fingerprint density at radius 3 is 3.00 bits per heavy atom. The fraction of sp³-hybridized carbons (Fsp3) is 0.524. The molecule has 1 unspecified atom stereocenters. The van der Waals surface area contributed by atoms with Gasteiger partial charge in [0, 0.05) is 56.3 Å². The molecule has 0 bridgehead atoms. The van der Waals surface area contributed by atoms with E-state index in [-0.39, 0.29) is 11.3 Å². The summed E-state index contributed by atoms with van der Waals surface area (Å²) in [5.41, 5.74) is 2.43. The summed E-state index contributed by atoms with van der Waals surface area (Å²) in [6.45, 7) is 4.58. The molecule has 27 heavy (non-hydrogen) atoms. The van der Waals surface area contributed by atoms with E-state index in [9.17, 15) is 9.90 Å². The molecule has 0 radical (unpaired) electrons. The molecule has 1 atom stereocenters. The second-order valence-electron chi connectivity index (χ2n) is 8.13. The zero-order valence-corrected chi connectivity index (χ0v) is 15.7. The summed E-state index contributed by atoms with van der Waals surface area (Å²) in [7, 11) is 0. The van der Waals surface area contributed by atoms with E-state index in [1.807, 2.05) is 18.3 Å². The minimum atomic E-state index is 0.205. The quantitative estimate of drug-likeness (QED) is 0.851. The zero-order valence-electron chi connectivity index (χ0n) is 15.7. The number of likely N-dealkylation sites (tertiary alicyclic amines) is 2. The fourth-order valence-corrected chi connectivity index (χ4v) is 4.67. The van der Waals surface area contributed by atoms with Crippen LogP contribution in [0.25, 0.3) is 0 Å². The van der Waals surface area contributed by atoms with Crippen LogP contribution in [0.2, 0.25) is 0 Å². The molecular weight excluding hydrogens is 340 g/mol. The predicted octanol–water partition coefficient (Wildman–Crippen LogP) is 2.56. The van der Waals surface area contributed by atoms with E-state index in [1.165, 1.54) is 12.8 Å². The van der Waals surface area contributed by atoms with Gasteiger partial charge in [0.25, 0.3) is 0 Å². The van der Waals surface area contributed by atoms with Crippen molar-refractivity contribution >= 4 is 5.91 Å². The lowest BCUT2D eigenvalue weighted by Crippen LogP contribution is -2.54. The van der Waals surface area contributed by atoms with E-state index in [0.717, 1.165) is 56.8 Å². The number of phenols is 1. The molecule has 2 aliphatic rings. The molecule has 3 heterocycles. The lowest BCUT2D eigenvalue weighted by Gasteiger charge is -2.48. The van der Waals surface area contributed by atoms with Crippen molar-refractivity contribution in [1.29, 1.82) is 0 Å². The number of nitrogens with zero attached hydrogens (tertiary/aromatic N) is 3. The Bertz CT molecular complexity index is 776. The number of aromatic nitrogens is 2. The summed E-state index contributed by atoms with van der Waals surface area (Å²) >= 11 is 0. The van der Waals surface area contributed by atoms with Crippen molar-refractivity contribution in [3.8, 4) is 5.75 Å². The first-order chi connectivity index (χ1) is 13.1. The maximum absolute atomic E-state index is 12.4. The summed E-state index contributed by atoms with van der Waals surface area (Å²) in [4.78, 5) is 24.2. The van der Waals surface area contributed by atoms with Gasteiger partial charge in [0.15, 0.2) is 0 Å². The van der Waals surface area contributed by atoms with E-state index in [4.69, 9.17) is 0 Å². The second kappa shape index (κ2) is 7.72. The molecule has 1 spiro atoms. The molecule has 0 saturated carbocycles. The van der Waals surface area contributed by atoms with E-state index in [1.54, 1.807) is 12.4 Å². The van der Waals surface area contributed by atoms with Gasteiger partial charge in [-0.05, 0) is 43.5 Å². The number of hydrogen-bond acceptors (Lipinski definition) is 4. The Morgan fingerprint density at radius 2 is 2.19 bits per heavy atom. The molecule has 0 aliphatic carbocycles. The average molecular weight is 368 g/mol. The number of benzene rings is 1. The van der Waals surface area contributed by atoms with Crippen LogP contribution in [-0.2, 0) is 17.8 Å². The molecule has 2 aromatic rings. The number of hydrogen-bond donors (Lipinski definition) is 2. The van der Waals surface area contributed by atoms with E-state index in [0.29, 0.717) is 12.2 Å². The minimum absolute atomic E-state index is 0.205. The number of imidazole rings is 1. The molecule has 6 nitrogen and oxygen atoms in total. The van der Waals surface area contributed by atoms with Gasteiger partial charge in [-0.15, -0.1) is 0 Å². The Hall–Kier alpha value is -2.34. The number of phenolic OH excluding ortho intramolecular Hbond substituents is 1. The minimum Gasteiger partial charge on any atom is -0.508 e. The number of aromatic hydroxyl groups is 1. The molecular formula is C21H28N4O2. The first-order valence-corrected chi connectivity index (χ1v) is 9.87. The molecule has 2 fully saturated rings. The van der Waals surface area contributed by atoms with Crippen molar-refractivity contribution in [3.05, 3.63) is 48.0 Å². The molecule has 1 aromatic carbocycles. The molecule has 1 aromatic heterocycles. The molecule has 6 heteroatoms. The normalized spacial score (nSPS) is 23.9. The van der Waals surface area contributed by atoms with Gasteiger partial charge in [-0.1, -0.05) is 12.1 Å². The second-order valence-corrected chi connectivity index (χ2v) is 8.13. The Morgan fingerprint density at radius 1 is 1.26 bits per heavy atom. The van der Waals surface area contributed by atoms with Crippen molar-refractivity contribution < 1.29 is 9.90 Å². The lowest BCUT2D eigenvalue weighted by atomic mass is 9.73. The van der Waals surface area contributed by atoms with Gasteiger partial charge in [-0.25, -0.2) is 4.98 Å². The van der Waals surface area contributed by atoms with Crippen LogP contribution in [0.1, 0.15) is 36.9 Å². The van der Waals surface area contributed by atoms with Crippen LogP contribution in [0.3, 0.4) is 0 Å². The highest BCUT2D eigenvalue weighted by Crippen LogP contribution is 2.39. The number of carbonyl (C=O) groups is 1. The van der Waals surface area contributed by atoms with Gasteiger partial charge >= 0.3 is 0 Å². The summed E-state index contributed by atoms with van der Waals surface area (Å²) in [5, 5.41) is 9.72. The van der Waals surface area contributed by atoms with E-state index < -0.39 is 0 Å². The van der Waals surface area contributed by atoms with Crippen LogP contribution in [-0.4, -0.2) is 57.0 Å². The Labute approximate surface area is 160 Å². The highest BCUT2D eigenvalue weighted by atomic mass is 16.3.